The van der Waals surface area contributed by atoms with E-state index in [1.807, 2.05) is 61.5 Å². The van der Waals surface area contributed by atoms with E-state index in [2.05, 4.69) is 11.1 Å². The Morgan fingerprint density at radius 2 is 1.85 bits per heavy atom. The fourth-order valence-electron chi connectivity index (χ4n) is 3.47. The highest BCUT2D eigenvalue weighted by molar-refractivity contribution is 5.87. The third-order valence-electron chi connectivity index (χ3n) is 4.83. The van der Waals surface area contributed by atoms with Crippen LogP contribution >= 0.6 is 0 Å². The number of nitrogens with zero attached hydrogens (tertiary/aromatic N) is 2. The Balaban J connectivity index is 2.00. The number of benzene rings is 2. The molecule has 2 heterocycles. The van der Waals surface area contributed by atoms with Gasteiger partial charge in [-0.15, -0.1) is 0 Å². The number of ether oxygens (including phenoxy) is 1. The first kappa shape index (κ1) is 16.7. The fraction of sp³-hybridized carbons (Fsp3) is 0.143. The molecule has 4 rings (SSSR count). The third kappa shape index (κ3) is 2.61. The minimum absolute atomic E-state index is 0.0300. The van der Waals surface area contributed by atoms with Crippen LogP contribution in [-0.2, 0) is 0 Å². The highest BCUT2D eigenvalue weighted by atomic mass is 16.5. The molecule has 0 amide bonds. The molecule has 1 aliphatic rings. The van der Waals surface area contributed by atoms with Gasteiger partial charge >= 0.3 is 0 Å². The topological polar surface area (TPSA) is 95.1 Å². The smallest absolute Gasteiger partial charge is 0.256 e. The van der Waals surface area contributed by atoms with Crippen LogP contribution in [0.3, 0.4) is 0 Å². The molecule has 0 saturated heterocycles. The predicted octanol–water partition coefficient (Wildman–Crippen LogP) is 2.81. The summed E-state index contributed by atoms with van der Waals surface area (Å²) in [6.45, 7) is 0. The zero-order chi connectivity index (χ0) is 19.1. The van der Waals surface area contributed by atoms with Crippen molar-refractivity contribution in [1.82, 2.24) is 4.98 Å². The maximum Gasteiger partial charge on any atom is 0.256 e. The lowest BCUT2D eigenvalue weighted by molar-refractivity contribution is 0.397. The Kier molecular flexibility index (Phi) is 3.85. The van der Waals surface area contributed by atoms with Crippen LogP contribution in [0.5, 0.6) is 5.75 Å². The summed E-state index contributed by atoms with van der Waals surface area (Å²) in [5.74, 6) is -0.140. The van der Waals surface area contributed by atoms with Gasteiger partial charge in [0.05, 0.1) is 17.0 Å². The van der Waals surface area contributed by atoms with Crippen LogP contribution in [0.4, 0.5) is 5.69 Å². The molecule has 3 N–H and O–H groups in total. The number of para-hydroxylation sites is 1. The van der Waals surface area contributed by atoms with E-state index >= 15 is 0 Å². The van der Waals surface area contributed by atoms with Crippen molar-refractivity contribution in [3.8, 4) is 11.8 Å². The number of aromatic nitrogens is 1. The van der Waals surface area contributed by atoms with Gasteiger partial charge in [-0.25, -0.2) is 0 Å². The van der Waals surface area contributed by atoms with Crippen LogP contribution in [0.2, 0.25) is 0 Å². The van der Waals surface area contributed by atoms with Crippen LogP contribution < -0.4 is 20.9 Å². The number of fused-ring (bicyclic) bond motifs is 3. The first-order valence-electron chi connectivity index (χ1n) is 8.51. The Labute approximate surface area is 156 Å². The van der Waals surface area contributed by atoms with E-state index in [0.717, 1.165) is 16.6 Å². The first-order chi connectivity index (χ1) is 13.0. The quantitative estimate of drug-likeness (QED) is 0.734. The second-order valence-electron chi connectivity index (χ2n) is 6.65. The monoisotopic (exact) mass is 358 g/mol. The highest BCUT2D eigenvalue weighted by Crippen LogP contribution is 2.43. The van der Waals surface area contributed by atoms with Gasteiger partial charge in [0.25, 0.3) is 5.56 Å². The van der Waals surface area contributed by atoms with Crippen molar-refractivity contribution in [2.75, 3.05) is 19.0 Å². The second-order valence-corrected chi connectivity index (χ2v) is 6.65. The van der Waals surface area contributed by atoms with E-state index in [1.54, 1.807) is 6.07 Å². The van der Waals surface area contributed by atoms with Crippen molar-refractivity contribution in [3.05, 3.63) is 81.5 Å². The predicted molar refractivity (Wildman–Crippen MR) is 105 cm³/mol. The molecule has 0 saturated carbocycles. The average molecular weight is 358 g/mol. The summed E-state index contributed by atoms with van der Waals surface area (Å²) in [5.41, 5.74) is 8.91. The van der Waals surface area contributed by atoms with Crippen molar-refractivity contribution in [2.45, 2.75) is 5.92 Å². The first-order valence-corrected chi connectivity index (χ1v) is 8.51. The number of allylic oxidation sites excluding steroid dienone is 1. The van der Waals surface area contributed by atoms with Crippen molar-refractivity contribution >= 4 is 16.6 Å². The molecule has 1 atom stereocenters. The number of nitrogens with one attached hydrogen (secondary N) is 1. The van der Waals surface area contributed by atoms with Gasteiger partial charge in [0.1, 0.15) is 17.4 Å². The van der Waals surface area contributed by atoms with Gasteiger partial charge in [-0.1, -0.05) is 24.3 Å². The maximum absolute atomic E-state index is 12.9. The molecular weight excluding hydrogens is 340 g/mol. The van der Waals surface area contributed by atoms with Crippen molar-refractivity contribution in [3.63, 3.8) is 0 Å². The number of rotatable bonds is 2. The van der Waals surface area contributed by atoms with E-state index in [9.17, 15) is 10.1 Å². The van der Waals surface area contributed by atoms with E-state index < -0.39 is 5.92 Å². The third-order valence-corrected chi connectivity index (χ3v) is 4.83. The highest BCUT2D eigenvalue weighted by Gasteiger charge is 2.34. The van der Waals surface area contributed by atoms with E-state index in [-0.39, 0.29) is 17.0 Å². The fourth-order valence-corrected chi connectivity index (χ4v) is 3.47. The second kappa shape index (κ2) is 6.22. The van der Waals surface area contributed by atoms with E-state index in [1.165, 1.54) is 0 Å². The molecule has 0 bridgehead atoms. The summed E-state index contributed by atoms with van der Waals surface area (Å²) in [6, 6.07) is 17.2. The minimum atomic E-state index is -0.580. The molecule has 0 radical (unpaired) electrons. The van der Waals surface area contributed by atoms with Crippen LogP contribution in [0.15, 0.2) is 64.8 Å². The summed E-state index contributed by atoms with van der Waals surface area (Å²) < 4.78 is 5.75. The standard InChI is InChI=1S/C21H18N4O2/c1-25(2)13-9-7-12(8-10-13)17-15(11-22)20(23)27-19-14-5-3-4-6-16(14)24-21(26)18(17)19/h3-10,17H,23H2,1-2H3,(H,24,26)/t17-/m0/s1. The van der Waals surface area contributed by atoms with Crippen LogP contribution in [0, 0.1) is 11.3 Å². The molecule has 0 aliphatic carbocycles. The lowest BCUT2D eigenvalue weighted by atomic mass is 9.83. The SMILES string of the molecule is CN(C)c1ccc([C@H]2C(C#N)=C(N)Oc3c2c(=O)[nH]c2ccccc32)cc1. The number of aromatic amines is 1. The van der Waals surface area contributed by atoms with Gasteiger partial charge < -0.3 is 20.4 Å². The van der Waals surface area contributed by atoms with Gasteiger partial charge in [0.15, 0.2) is 0 Å². The summed E-state index contributed by atoms with van der Waals surface area (Å²) in [6.07, 6.45) is 0. The van der Waals surface area contributed by atoms with E-state index in [0.29, 0.717) is 16.8 Å². The van der Waals surface area contributed by atoms with Crippen LogP contribution in [0.1, 0.15) is 17.0 Å². The average Bonchev–Trinajstić information content (AvgIpc) is 2.67. The molecule has 1 aromatic heterocycles. The Morgan fingerprint density at radius 3 is 2.52 bits per heavy atom. The summed E-state index contributed by atoms with van der Waals surface area (Å²) >= 11 is 0. The number of anilines is 1. The normalized spacial score (nSPS) is 15.8. The maximum atomic E-state index is 12.9. The van der Waals surface area contributed by atoms with Crippen molar-refractivity contribution < 1.29 is 4.74 Å². The van der Waals surface area contributed by atoms with Crippen LogP contribution in [0.25, 0.3) is 10.9 Å². The Morgan fingerprint density at radius 1 is 1.15 bits per heavy atom. The van der Waals surface area contributed by atoms with E-state index in [4.69, 9.17) is 10.5 Å². The summed E-state index contributed by atoms with van der Waals surface area (Å²) in [5, 5.41) is 10.4. The molecule has 3 aromatic rings. The van der Waals surface area contributed by atoms with Gasteiger partial charge in [0, 0.05) is 25.2 Å². The number of H-pyrrole nitrogens is 1. The zero-order valence-corrected chi connectivity index (χ0v) is 15.0. The number of nitriles is 1. The number of pyridine rings is 1. The zero-order valence-electron chi connectivity index (χ0n) is 15.0. The van der Waals surface area contributed by atoms with Crippen LogP contribution in [-0.4, -0.2) is 19.1 Å². The Bertz CT molecular complexity index is 1170. The van der Waals surface area contributed by atoms with Gasteiger partial charge in [-0.2, -0.15) is 5.26 Å². The largest absolute Gasteiger partial charge is 0.439 e. The molecular formula is C21H18N4O2. The molecule has 0 unspecified atom stereocenters. The Hall–Kier alpha value is -3.72. The number of nitrogens with two attached hydrogens (primary N) is 1. The van der Waals surface area contributed by atoms with Gasteiger partial charge in [-0.05, 0) is 29.8 Å². The molecule has 0 fully saturated rings. The summed E-state index contributed by atoms with van der Waals surface area (Å²) in [4.78, 5) is 17.8. The molecule has 6 heteroatoms. The van der Waals surface area contributed by atoms with Gasteiger partial charge in [-0.3, -0.25) is 4.79 Å². The number of hydrogen-bond acceptors (Lipinski definition) is 5. The molecule has 134 valence electrons. The molecule has 0 spiro atoms. The minimum Gasteiger partial charge on any atom is -0.439 e. The molecule has 27 heavy (non-hydrogen) atoms. The molecule has 1 aliphatic heterocycles. The number of hydrogen-bond donors (Lipinski definition) is 2. The molecule has 6 nitrogen and oxygen atoms in total. The van der Waals surface area contributed by atoms with Crippen molar-refractivity contribution in [2.24, 2.45) is 5.73 Å². The van der Waals surface area contributed by atoms with Crippen molar-refractivity contribution in [1.29, 1.82) is 5.26 Å². The lowest BCUT2D eigenvalue weighted by Gasteiger charge is -2.27. The lowest BCUT2D eigenvalue weighted by Crippen LogP contribution is -2.27. The molecule has 2 aromatic carbocycles. The summed E-state index contributed by atoms with van der Waals surface area (Å²) in [7, 11) is 3.91. The van der Waals surface area contributed by atoms with Gasteiger partial charge in [0.2, 0.25) is 5.88 Å².